The minimum Gasteiger partial charge on any atom is -0.464 e. The Morgan fingerprint density at radius 3 is 3.12 bits per heavy atom. The number of aromatic nitrogens is 2. The van der Waals surface area contributed by atoms with Crippen molar-refractivity contribution in [2.24, 2.45) is 0 Å². The van der Waals surface area contributed by atoms with E-state index in [1.807, 2.05) is 11.4 Å². The molecule has 0 saturated heterocycles. The molecule has 17 heavy (non-hydrogen) atoms. The second kappa shape index (κ2) is 5.01. The average molecular weight is 251 g/mol. The monoisotopic (exact) mass is 251 g/mol. The molecule has 0 saturated carbocycles. The van der Waals surface area contributed by atoms with Crippen molar-refractivity contribution in [2.45, 2.75) is 13.0 Å². The van der Waals surface area contributed by atoms with Gasteiger partial charge in [-0.05, 0) is 11.4 Å². The Bertz CT molecular complexity index is 505. The number of ether oxygens (including phenoxy) is 1. The van der Waals surface area contributed by atoms with E-state index >= 15 is 0 Å². The van der Waals surface area contributed by atoms with Crippen LogP contribution in [0.2, 0.25) is 0 Å². The number of carbonyl (C=O) groups is 1. The number of hydrogen-bond acceptors (Lipinski definition) is 5. The maximum Gasteiger partial charge on any atom is 0.360 e. The summed E-state index contributed by atoms with van der Waals surface area (Å²) in [6.07, 6.45) is 2.53. The summed E-state index contributed by atoms with van der Waals surface area (Å²) < 4.78 is 6.26. The van der Waals surface area contributed by atoms with Gasteiger partial charge in [-0.15, -0.1) is 11.3 Å². The van der Waals surface area contributed by atoms with Gasteiger partial charge < -0.3 is 10.5 Å². The Labute approximate surface area is 103 Å². The number of nitrogens with zero attached hydrogens (tertiary/aromatic N) is 2. The zero-order valence-corrected chi connectivity index (χ0v) is 10.2. The Kier molecular flexibility index (Phi) is 3.43. The van der Waals surface area contributed by atoms with Crippen LogP contribution in [0.1, 0.15) is 15.4 Å². The van der Waals surface area contributed by atoms with Gasteiger partial charge in [0.1, 0.15) is 0 Å². The summed E-state index contributed by atoms with van der Waals surface area (Å²) >= 11 is 1.70. The van der Waals surface area contributed by atoms with E-state index < -0.39 is 5.97 Å². The normalized spacial score (nSPS) is 10.4. The molecule has 2 rings (SSSR count). The van der Waals surface area contributed by atoms with Crippen molar-refractivity contribution < 1.29 is 9.53 Å². The molecule has 5 nitrogen and oxygen atoms in total. The second-order valence-electron chi connectivity index (χ2n) is 3.52. The maximum atomic E-state index is 11.3. The van der Waals surface area contributed by atoms with Crippen LogP contribution in [0.25, 0.3) is 0 Å². The highest BCUT2D eigenvalue weighted by Crippen LogP contribution is 2.13. The first-order valence-corrected chi connectivity index (χ1v) is 6.02. The van der Waals surface area contributed by atoms with Gasteiger partial charge in [-0.25, -0.2) is 4.79 Å². The third-order valence-corrected chi connectivity index (χ3v) is 3.27. The van der Waals surface area contributed by atoms with Gasteiger partial charge in [0.15, 0.2) is 5.69 Å². The van der Waals surface area contributed by atoms with Crippen molar-refractivity contribution in [3.63, 3.8) is 0 Å². The highest BCUT2D eigenvalue weighted by atomic mass is 32.1. The fourth-order valence-electron chi connectivity index (χ4n) is 1.49. The summed E-state index contributed by atoms with van der Waals surface area (Å²) in [5.74, 6) is -0.502. The first kappa shape index (κ1) is 11.7. The molecule has 0 atom stereocenters. The molecule has 0 bridgehead atoms. The van der Waals surface area contributed by atoms with Crippen LogP contribution in [0, 0.1) is 0 Å². The molecule has 0 aromatic carbocycles. The van der Waals surface area contributed by atoms with Crippen LogP contribution < -0.4 is 5.73 Å². The average Bonchev–Trinajstić information content (AvgIpc) is 2.94. The number of hydrogen-bond donors (Lipinski definition) is 1. The van der Waals surface area contributed by atoms with Crippen molar-refractivity contribution in [2.75, 3.05) is 12.8 Å². The lowest BCUT2D eigenvalue weighted by Crippen LogP contribution is -2.07. The molecule has 0 aliphatic carbocycles. The fraction of sp³-hybridized carbons (Fsp3) is 0.273. The Hall–Kier alpha value is -1.82. The number of methoxy groups -OCH3 is 1. The van der Waals surface area contributed by atoms with Gasteiger partial charge >= 0.3 is 5.97 Å². The molecule has 0 aliphatic rings. The number of rotatable bonds is 4. The Morgan fingerprint density at radius 1 is 1.65 bits per heavy atom. The lowest BCUT2D eigenvalue weighted by Gasteiger charge is -1.98. The molecule has 0 aliphatic heterocycles. The number of nitrogens with two attached hydrogens (primary N) is 1. The number of nitrogen functional groups attached to an aromatic ring is 1. The van der Waals surface area contributed by atoms with Gasteiger partial charge in [0.25, 0.3) is 0 Å². The SMILES string of the molecule is COC(=O)c1nn(CCc2cccs2)cc1N. The third-order valence-electron chi connectivity index (χ3n) is 2.34. The van der Waals surface area contributed by atoms with Gasteiger partial charge in [-0.3, -0.25) is 4.68 Å². The lowest BCUT2D eigenvalue weighted by atomic mass is 10.3. The fourth-order valence-corrected chi connectivity index (χ4v) is 2.18. The molecule has 2 aromatic heterocycles. The van der Waals surface area contributed by atoms with Gasteiger partial charge in [0, 0.05) is 24.0 Å². The van der Waals surface area contributed by atoms with Crippen LogP contribution in [0.15, 0.2) is 23.7 Å². The van der Waals surface area contributed by atoms with Crippen molar-refractivity contribution in [1.29, 1.82) is 0 Å². The van der Waals surface area contributed by atoms with Gasteiger partial charge in [-0.1, -0.05) is 6.07 Å². The van der Waals surface area contributed by atoms with E-state index in [0.717, 1.165) is 6.42 Å². The quantitative estimate of drug-likeness (QED) is 0.837. The lowest BCUT2D eigenvalue weighted by molar-refractivity contribution is 0.0594. The largest absolute Gasteiger partial charge is 0.464 e. The molecule has 2 heterocycles. The predicted molar refractivity (Wildman–Crippen MR) is 66.0 cm³/mol. The zero-order chi connectivity index (χ0) is 12.3. The van der Waals surface area contributed by atoms with Gasteiger partial charge in [-0.2, -0.15) is 5.10 Å². The van der Waals surface area contributed by atoms with E-state index in [9.17, 15) is 4.79 Å². The van der Waals surface area contributed by atoms with Gasteiger partial charge in [0.05, 0.1) is 12.8 Å². The molecule has 0 amide bonds. The molecule has 90 valence electrons. The van der Waals surface area contributed by atoms with Crippen LogP contribution in [0.3, 0.4) is 0 Å². The summed E-state index contributed by atoms with van der Waals surface area (Å²) in [7, 11) is 1.31. The Morgan fingerprint density at radius 2 is 2.47 bits per heavy atom. The predicted octanol–water partition coefficient (Wildman–Crippen LogP) is 1.56. The number of esters is 1. The Balaban J connectivity index is 2.05. The van der Waals surface area contributed by atoms with Crippen molar-refractivity contribution in [3.05, 3.63) is 34.3 Å². The maximum absolute atomic E-state index is 11.3. The van der Waals surface area contributed by atoms with Crippen molar-refractivity contribution in [3.8, 4) is 0 Å². The number of aryl methyl sites for hydroxylation is 2. The van der Waals surface area contributed by atoms with E-state index in [0.29, 0.717) is 12.2 Å². The number of carbonyl (C=O) groups excluding carboxylic acids is 1. The molecule has 0 spiro atoms. The van der Waals surface area contributed by atoms with Crippen LogP contribution in [0.4, 0.5) is 5.69 Å². The zero-order valence-electron chi connectivity index (χ0n) is 9.42. The van der Waals surface area contributed by atoms with E-state index in [-0.39, 0.29) is 5.69 Å². The summed E-state index contributed by atoms with van der Waals surface area (Å²) in [4.78, 5) is 12.6. The molecular weight excluding hydrogens is 238 g/mol. The molecule has 2 N–H and O–H groups in total. The van der Waals surface area contributed by atoms with E-state index in [2.05, 4.69) is 15.9 Å². The summed E-state index contributed by atoms with van der Waals surface area (Å²) in [5.41, 5.74) is 6.21. The summed E-state index contributed by atoms with van der Waals surface area (Å²) in [6, 6.07) is 4.08. The topological polar surface area (TPSA) is 70.1 Å². The van der Waals surface area contributed by atoms with E-state index in [1.54, 1.807) is 22.2 Å². The van der Waals surface area contributed by atoms with Crippen molar-refractivity contribution in [1.82, 2.24) is 9.78 Å². The molecule has 0 unspecified atom stereocenters. The second-order valence-corrected chi connectivity index (χ2v) is 4.55. The molecule has 0 fully saturated rings. The summed E-state index contributed by atoms with van der Waals surface area (Å²) in [6.45, 7) is 0.696. The molecule has 2 aromatic rings. The molecule has 0 radical (unpaired) electrons. The van der Waals surface area contributed by atoms with Gasteiger partial charge in [0.2, 0.25) is 0 Å². The smallest absolute Gasteiger partial charge is 0.360 e. The van der Waals surface area contributed by atoms with Crippen LogP contribution in [-0.4, -0.2) is 22.9 Å². The molecule has 6 heteroatoms. The van der Waals surface area contributed by atoms with Crippen LogP contribution >= 0.6 is 11.3 Å². The van der Waals surface area contributed by atoms with Crippen LogP contribution in [0.5, 0.6) is 0 Å². The van der Waals surface area contributed by atoms with E-state index in [1.165, 1.54) is 12.0 Å². The summed E-state index contributed by atoms with van der Waals surface area (Å²) in [5, 5.41) is 6.14. The minimum absolute atomic E-state index is 0.179. The van der Waals surface area contributed by atoms with Crippen LogP contribution in [-0.2, 0) is 17.7 Å². The highest BCUT2D eigenvalue weighted by Gasteiger charge is 2.14. The number of anilines is 1. The molecular formula is C11H13N3O2S. The first-order chi connectivity index (χ1) is 8.20. The minimum atomic E-state index is -0.502. The highest BCUT2D eigenvalue weighted by molar-refractivity contribution is 7.09. The third kappa shape index (κ3) is 2.65. The number of thiophene rings is 1. The van der Waals surface area contributed by atoms with E-state index in [4.69, 9.17) is 5.73 Å². The standard InChI is InChI=1S/C11H13N3O2S/c1-16-11(15)10-9(12)7-14(13-10)5-4-8-3-2-6-17-8/h2-3,6-7H,4-5,12H2,1H3. The van der Waals surface area contributed by atoms with Crippen molar-refractivity contribution >= 4 is 23.0 Å². The first-order valence-electron chi connectivity index (χ1n) is 5.14.